The lowest BCUT2D eigenvalue weighted by Crippen LogP contribution is -2.32. The van der Waals surface area contributed by atoms with Crippen molar-refractivity contribution < 1.29 is 27.1 Å². The van der Waals surface area contributed by atoms with Crippen LogP contribution in [0.5, 0.6) is 11.5 Å². The Morgan fingerprint density at radius 1 is 1.12 bits per heavy atom. The van der Waals surface area contributed by atoms with Gasteiger partial charge < -0.3 is 13.9 Å². The summed E-state index contributed by atoms with van der Waals surface area (Å²) in [6.07, 6.45) is -1.54. The summed E-state index contributed by atoms with van der Waals surface area (Å²) in [5.74, 6) is -0.841. The molecule has 34 heavy (non-hydrogen) atoms. The number of ether oxygens (including phenoxy) is 2. The molecule has 0 aliphatic carbocycles. The van der Waals surface area contributed by atoms with Crippen LogP contribution < -0.4 is 14.9 Å². The summed E-state index contributed by atoms with van der Waals surface area (Å²) in [7, 11) is 1.33. The van der Waals surface area contributed by atoms with Crippen LogP contribution in [-0.4, -0.2) is 23.7 Å². The van der Waals surface area contributed by atoms with E-state index in [4.69, 9.17) is 13.9 Å². The molecule has 0 bridgehead atoms. The number of fused-ring (bicyclic) bond motifs is 3. The van der Waals surface area contributed by atoms with Gasteiger partial charge in [-0.15, -0.1) is 0 Å². The van der Waals surface area contributed by atoms with E-state index in [9.17, 15) is 18.0 Å². The maximum absolute atomic E-state index is 14.2. The largest absolute Gasteiger partial charge is 0.496 e. The molecule has 1 aliphatic rings. The SMILES string of the molecule is COc1ccccc1-c1c(C(F)(F)F)oc2c3c(ccc2c1=O)OCN(Cc1cccnc1)C3. The molecule has 0 atom stereocenters. The fraction of sp³-hybridized carbons (Fsp3) is 0.200. The molecule has 0 fully saturated rings. The number of pyridine rings is 1. The van der Waals surface area contributed by atoms with E-state index >= 15 is 0 Å². The highest BCUT2D eigenvalue weighted by Gasteiger charge is 2.40. The summed E-state index contributed by atoms with van der Waals surface area (Å²) >= 11 is 0. The van der Waals surface area contributed by atoms with Gasteiger partial charge in [-0.05, 0) is 29.8 Å². The zero-order valence-corrected chi connectivity index (χ0v) is 18.1. The van der Waals surface area contributed by atoms with Crippen molar-refractivity contribution in [2.75, 3.05) is 13.8 Å². The maximum atomic E-state index is 14.2. The molecule has 0 amide bonds. The van der Waals surface area contributed by atoms with Crippen LogP contribution in [0.3, 0.4) is 0 Å². The van der Waals surface area contributed by atoms with Gasteiger partial charge in [0.1, 0.15) is 23.8 Å². The van der Waals surface area contributed by atoms with Crippen molar-refractivity contribution in [2.24, 2.45) is 0 Å². The second kappa shape index (κ2) is 8.49. The molecule has 2 aromatic carbocycles. The minimum atomic E-state index is -4.91. The molecule has 2 aromatic heterocycles. The number of aromatic nitrogens is 1. The van der Waals surface area contributed by atoms with Crippen LogP contribution >= 0.6 is 0 Å². The lowest BCUT2D eigenvalue weighted by atomic mass is 9.99. The number of rotatable bonds is 4. The van der Waals surface area contributed by atoms with Gasteiger partial charge in [0.15, 0.2) is 0 Å². The number of benzene rings is 2. The Kier molecular flexibility index (Phi) is 5.49. The Bertz CT molecular complexity index is 1420. The molecule has 5 rings (SSSR count). The molecule has 174 valence electrons. The average Bonchev–Trinajstić information content (AvgIpc) is 2.84. The van der Waals surface area contributed by atoms with Crippen LogP contribution in [0.25, 0.3) is 22.1 Å². The summed E-state index contributed by atoms with van der Waals surface area (Å²) in [4.78, 5) is 19.4. The van der Waals surface area contributed by atoms with Gasteiger partial charge >= 0.3 is 6.18 Å². The molecular weight excluding hydrogens is 449 g/mol. The highest BCUT2D eigenvalue weighted by Crippen LogP contribution is 2.42. The molecule has 0 N–H and O–H groups in total. The third-order valence-corrected chi connectivity index (χ3v) is 5.67. The predicted molar refractivity (Wildman–Crippen MR) is 118 cm³/mol. The minimum Gasteiger partial charge on any atom is -0.496 e. The zero-order chi connectivity index (χ0) is 23.9. The lowest BCUT2D eigenvalue weighted by Gasteiger charge is -2.29. The Hall–Kier alpha value is -3.85. The zero-order valence-electron chi connectivity index (χ0n) is 18.1. The van der Waals surface area contributed by atoms with Crippen molar-refractivity contribution in [3.8, 4) is 22.6 Å². The van der Waals surface area contributed by atoms with Gasteiger partial charge in [0.25, 0.3) is 0 Å². The predicted octanol–water partition coefficient (Wildman–Crippen LogP) is 5.23. The molecule has 0 unspecified atom stereocenters. The molecule has 0 saturated heterocycles. The van der Waals surface area contributed by atoms with E-state index in [1.807, 2.05) is 11.0 Å². The van der Waals surface area contributed by atoms with E-state index in [1.165, 1.54) is 25.3 Å². The van der Waals surface area contributed by atoms with Crippen molar-refractivity contribution in [3.05, 3.63) is 88.0 Å². The molecular formula is C25H19F3N2O4. The molecule has 0 radical (unpaired) electrons. The molecule has 9 heteroatoms. The van der Waals surface area contributed by atoms with Gasteiger partial charge in [-0.2, -0.15) is 13.2 Å². The summed E-state index contributed by atoms with van der Waals surface area (Å²) in [5, 5.41) is 0.0412. The summed E-state index contributed by atoms with van der Waals surface area (Å²) < 4.78 is 58.9. The monoisotopic (exact) mass is 468 g/mol. The first kappa shape index (κ1) is 22.0. The van der Waals surface area contributed by atoms with E-state index < -0.39 is 22.9 Å². The van der Waals surface area contributed by atoms with Crippen LogP contribution in [0.1, 0.15) is 16.9 Å². The molecule has 0 spiro atoms. The number of hydrogen-bond donors (Lipinski definition) is 0. The van der Waals surface area contributed by atoms with Crippen molar-refractivity contribution in [3.63, 3.8) is 0 Å². The average molecular weight is 468 g/mol. The Morgan fingerprint density at radius 2 is 1.94 bits per heavy atom. The third kappa shape index (κ3) is 3.88. The number of hydrogen-bond acceptors (Lipinski definition) is 6. The van der Waals surface area contributed by atoms with Crippen LogP contribution in [0.2, 0.25) is 0 Å². The first-order valence-corrected chi connectivity index (χ1v) is 10.4. The topological polar surface area (TPSA) is 64.8 Å². The summed E-state index contributed by atoms with van der Waals surface area (Å²) in [6.45, 7) is 0.957. The van der Waals surface area contributed by atoms with Gasteiger partial charge in [-0.1, -0.05) is 24.3 Å². The Balaban J connectivity index is 1.69. The second-order valence-corrected chi connectivity index (χ2v) is 7.87. The van der Waals surface area contributed by atoms with Crippen molar-refractivity contribution >= 4 is 11.0 Å². The molecule has 1 aliphatic heterocycles. The first-order valence-electron chi connectivity index (χ1n) is 10.4. The van der Waals surface area contributed by atoms with Crippen molar-refractivity contribution in [1.82, 2.24) is 9.88 Å². The third-order valence-electron chi connectivity index (χ3n) is 5.67. The number of alkyl halides is 3. The molecule has 4 aromatic rings. The number of halogens is 3. The summed E-state index contributed by atoms with van der Waals surface area (Å²) in [5.41, 5.74) is -0.177. The molecule has 3 heterocycles. The van der Waals surface area contributed by atoms with Crippen molar-refractivity contribution in [2.45, 2.75) is 19.3 Å². The summed E-state index contributed by atoms with van der Waals surface area (Å²) in [6, 6.07) is 12.8. The van der Waals surface area contributed by atoms with Gasteiger partial charge in [0.05, 0.1) is 23.6 Å². The van der Waals surface area contributed by atoms with Crippen LogP contribution in [0.4, 0.5) is 13.2 Å². The lowest BCUT2D eigenvalue weighted by molar-refractivity contribution is -0.152. The van der Waals surface area contributed by atoms with Gasteiger partial charge in [0.2, 0.25) is 11.2 Å². The number of nitrogens with zero attached hydrogens (tertiary/aromatic N) is 2. The van der Waals surface area contributed by atoms with E-state index in [0.717, 1.165) is 5.56 Å². The van der Waals surface area contributed by atoms with Crippen LogP contribution in [0.15, 0.2) is 70.1 Å². The van der Waals surface area contributed by atoms with E-state index in [1.54, 1.807) is 36.7 Å². The van der Waals surface area contributed by atoms with Crippen LogP contribution in [-0.2, 0) is 19.3 Å². The van der Waals surface area contributed by atoms with Gasteiger partial charge in [0, 0.05) is 31.0 Å². The van der Waals surface area contributed by atoms with Gasteiger partial charge in [-0.25, -0.2) is 0 Å². The Labute approximate surface area is 192 Å². The van der Waals surface area contributed by atoms with Crippen molar-refractivity contribution in [1.29, 1.82) is 0 Å². The number of methoxy groups -OCH3 is 1. The standard InChI is InChI=1S/C25H19F3N2O4/c1-32-19-7-3-2-6-16(19)21-22(31)17-8-9-20-18(23(17)34-24(21)25(26,27)28)13-30(14-33-20)12-15-5-4-10-29-11-15/h2-11H,12-14H2,1H3. The molecule has 0 saturated carbocycles. The number of para-hydroxylation sites is 1. The smallest absolute Gasteiger partial charge is 0.450 e. The highest BCUT2D eigenvalue weighted by atomic mass is 19.4. The maximum Gasteiger partial charge on any atom is 0.450 e. The fourth-order valence-electron chi connectivity index (χ4n) is 4.16. The fourth-order valence-corrected chi connectivity index (χ4v) is 4.16. The second-order valence-electron chi connectivity index (χ2n) is 7.87. The highest BCUT2D eigenvalue weighted by molar-refractivity contribution is 5.88. The first-order chi connectivity index (χ1) is 16.4. The van der Waals surface area contributed by atoms with E-state index in [-0.39, 0.29) is 35.6 Å². The quantitative estimate of drug-likeness (QED) is 0.409. The minimum absolute atomic E-state index is 0.0140. The van der Waals surface area contributed by atoms with Gasteiger partial charge in [-0.3, -0.25) is 14.7 Å². The Morgan fingerprint density at radius 3 is 2.68 bits per heavy atom. The van der Waals surface area contributed by atoms with Crippen LogP contribution in [0, 0.1) is 0 Å². The normalized spacial score (nSPS) is 14.0. The van der Waals surface area contributed by atoms with E-state index in [0.29, 0.717) is 17.9 Å². The van der Waals surface area contributed by atoms with E-state index in [2.05, 4.69) is 4.98 Å². The molecule has 6 nitrogen and oxygen atoms in total.